The molecule has 0 bridgehead atoms. The smallest absolute Gasteiger partial charge is 0.433 e. The van der Waals surface area contributed by atoms with Crippen molar-refractivity contribution in [2.75, 3.05) is 39.8 Å². The molecule has 1 aromatic heterocycles. The maximum absolute atomic E-state index is 11.7. The first-order valence-electron chi connectivity index (χ1n) is 8.58. The summed E-state index contributed by atoms with van der Waals surface area (Å²) in [6.07, 6.45) is 0.638. The number of carboxylic acids is 2. The fourth-order valence-electron chi connectivity index (χ4n) is 2.14. The molecule has 1 amide bonds. The number of carbonyl (C=O) groups excluding carboxylic acids is 1. The Morgan fingerprint density at radius 3 is 2.28 bits per heavy atom. The first kappa shape index (κ1) is 23.7. The Bertz CT molecular complexity index is 725. The Balaban J connectivity index is 0.000000447. The van der Waals surface area contributed by atoms with Gasteiger partial charge >= 0.3 is 17.8 Å². The zero-order chi connectivity index (χ0) is 21.8. The van der Waals surface area contributed by atoms with Crippen LogP contribution < -0.4 is 5.43 Å². The predicted molar refractivity (Wildman–Crippen MR) is 99.5 cm³/mol. The van der Waals surface area contributed by atoms with E-state index in [9.17, 15) is 24.5 Å². The van der Waals surface area contributed by atoms with E-state index in [1.807, 2.05) is 11.9 Å². The number of hydrogen-bond acceptors (Lipinski definition) is 9. The van der Waals surface area contributed by atoms with E-state index in [1.165, 1.54) is 18.3 Å². The number of amides is 1. The van der Waals surface area contributed by atoms with Crippen LogP contribution in [0.15, 0.2) is 21.7 Å². The van der Waals surface area contributed by atoms with Gasteiger partial charge in [0.1, 0.15) is 4.92 Å². The van der Waals surface area contributed by atoms with Gasteiger partial charge in [-0.05, 0) is 13.1 Å². The molecular formula is C16H23N5O8. The number of furan rings is 1. The number of nitro groups is 1. The van der Waals surface area contributed by atoms with E-state index in [1.54, 1.807) is 0 Å². The monoisotopic (exact) mass is 413 g/mol. The zero-order valence-corrected chi connectivity index (χ0v) is 15.8. The number of carboxylic acid groups (broad SMARTS) is 2. The third-order valence-corrected chi connectivity index (χ3v) is 3.69. The SMILES string of the molecule is CN1CCN(CC(=O)N/N=C\c2ccc([N+](=O)[O-])o2)CC1.O=C(O)CCC(=O)O. The van der Waals surface area contributed by atoms with Gasteiger partial charge in [0, 0.05) is 26.2 Å². The summed E-state index contributed by atoms with van der Waals surface area (Å²) < 4.78 is 4.87. The van der Waals surface area contributed by atoms with Crippen LogP contribution in [0.1, 0.15) is 18.6 Å². The molecule has 0 unspecified atom stereocenters. The second-order valence-corrected chi connectivity index (χ2v) is 6.09. The summed E-state index contributed by atoms with van der Waals surface area (Å²) >= 11 is 0. The van der Waals surface area contributed by atoms with Gasteiger partial charge in [0.05, 0.1) is 31.7 Å². The van der Waals surface area contributed by atoms with Crippen LogP contribution in [0.25, 0.3) is 0 Å². The van der Waals surface area contributed by atoms with Crippen molar-refractivity contribution in [1.29, 1.82) is 0 Å². The average Bonchev–Trinajstić information content (AvgIpc) is 3.12. The minimum absolute atomic E-state index is 0.210. The molecule has 1 aromatic rings. The second kappa shape index (κ2) is 12.2. The van der Waals surface area contributed by atoms with Gasteiger partial charge in [0.15, 0.2) is 5.76 Å². The van der Waals surface area contributed by atoms with Crippen molar-refractivity contribution in [2.45, 2.75) is 12.8 Å². The van der Waals surface area contributed by atoms with Crippen molar-refractivity contribution >= 4 is 29.9 Å². The van der Waals surface area contributed by atoms with E-state index in [4.69, 9.17) is 14.6 Å². The highest BCUT2D eigenvalue weighted by molar-refractivity contribution is 5.81. The van der Waals surface area contributed by atoms with E-state index < -0.39 is 16.9 Å². The third-order valence-electron chi connectivity index (χ3n) is 3.69. The summed E-state index contributed by atoms with van der Waals surface area (Å²) in [5, 5.41) is 29.9. The van der Waals surface area contributed by atoms with Crippen molar-refractivity contribution in [3.8, 4) is 0 Å². The fraction of sp³-hybridized carbons (Fsp3) is 0.500. The van der Waals surface area contributed by atoms with Crippen molar-refractivity contribution in [3.05, 3.63) is 28.0 Å². The lowest BCUT2D eigenvalue weighted by Crippen LogP contribution is -2.47. The van der Waals surface area contributed by atoms with Crippen LogP contribution >= 0.6 is 0 Å². The normalized spacial score (nSPS) is 14.8. The quantitative estimate of drug-likeness (QED) is 0.294. The number of likely N-dealkylation sites (N-methyl/N-ethyl adjacent to an activating group) is 1. The molecule has 2 heterocycles. The van der Waals surface area contributed by atoms with Gasteiger partial charge in [-0.25, -0.2) is 5.43 Å². The molecule has 0 atom stereocenters. The molecule has 1 saturated heterocycles. The van der Waals surface area contributed by atoms with Crippen LogP contribution in [0.5, 0.6) is 0 Å². The molecule has 160 valence electrons. The largest absolute Gasteiger partial charge is 0.481 e. The minimum Gasteiger partial charge on any atom is -0.481 e. The molecule has 1 aliphatic heterocycles. The number of nitrogens with zero attached hydrogens (tertiary/aromatic N) is 4. The van der Waals surface area contributed by atoms with Crippen LogP contribution in [-0.4, -0.2) is 88.8 Å². The number of hydrazone groups is 1. The molecule has 3 N–H and O–H groups in total. The lowest BCUT2D eigenvalue weighted by Gasteiger charge is -2.31. The third kappa shape index (κ3) is 10.6. The maximum atomic E-state index is 11.7. The molecule has 0 aromatic carbocycles. The van der Waals surface area contributed by atoms with Crippen molar-refractivity contribution in [1.82, 2.24) is 15.2 Å². The summed E-state index contributed by atoms with van der Waals surface area (Å²) in [5.74, 6) is -2.53. The number of rotatable bonds is 8. The Labute approximate surface area is 165 Å². The van der Waals surface area contributed by atoms with Crippen LogP contribution in [0.3, 0.4) is 0 Å². The summed E-state index contributed by atoms with van der Waals surface area (Å²) in [4.78, 5) is 45.0. The Morgan fingerprint density at radius 2 is 1.79 bits per heavy atom. The highest BCUT2D eigenvalue weighted by Crippen LogP contribution is 2.13. The maximum Gasteiger partial charge on any atom is 0.433 e. The van der Waals surface area contributed by atoms with E-state index in [0.29, 0.717) is 0 Å². The summed E-state index contributed by atoms with van der Waals surface area (Å²) in [5.41, 5.74) is 2.37. The van der Waals surface area contributed by atoms with Gasteiger partial charge in [-0.1, -0.05) is 0 Å². The van der Waals surface area contributed by atoms with Gasteiger partial charge in [-0.2, -0.15) is 5.10 Å². The Hall–Kier alpha value is -3.32. The minimum atomic E-state index is -1.08. The molecule has 0 aliphatic carbocycles. The molecule has 1 aliphatic rings. The van der Waals surface area contributed by atoms with Gasteiger partial charge < -0.3 is 19.5 Å². The van der Waals surface area contributed by atoms with E-state index in [2.05, 4.69) is 15.4 Å². The van der Waals surface area contributed by atoms with E-state index in [-0.39, 0.29) is 36.9 Å². The zero-order valence-electron chi connectivity index (χ0n) is 15.8. The van der Waals surface area contributed by atoms with Crippen molar-refractivity contribution in [3.63, 3.8) is 0 Å². The average molecular weight is 413 g/mol. The number of hydrogen-bond donors (Lipinski definition) is 3. The molecule has 13 heteroatoms. The predicted octanol–water partition coefficient (Wildman–Crippen LogP) is -0.179. The van der Waals surface area contributed by atoms with Crippen LogP contribution in [0, 0.1) is 10.1 Å². The second-order valence-electron chi connectivity index (χ2n) is 6.09. The number of piperazine rings is 1. The van der Waals surface area contributed by atoms with Gasteiger partial charge in [-0.15, -0.1) is 0 Å². The lowest BCUT2D eigenvalue weighted by molar-refractivity contribution is -0.402. The van der Waals surface area contributed by atoms with Crippen LogP contribution in [0.4, 0.5) is 5.88 Å². The highest BCUT2D eigenvalue weighted by Gasteiger charge is 2.16. The first-order valence-corrected chi connectivity index (χ1v) is 8.58. The van der Waals surface area contributed by atoms with Crippen LogP contribution in [0.2, 0.25) is 0 Å². The topological polar surface area (TPSA) is 179 Å². The standard InChI is InChI=1S/C12H17N5O4.C4H6O4/c1-15-4-6-16(7-5-15)9-11(18)14-13-8-10-2-3-12(21-10)17(19)20;5-3(6)1-2-4(7)8/h2-3,8H,4-7,9H2,1H3,(H,14,18);1-2H2,(H,5,6)(H,7,8)/b13-8-;. The van der Waals surface area contributed by atoms with Gasteiger partial charge in [0.25, 0.3) is 5.91 Å². The molecule has 13 nitrogen and oxygen atoms in total. The molecule has 0 radical (unpaired) electrons. The Kier molecular flexibility index (Phi) is 9.98. The van der Waals surface area contributed by atoms with E-state index >= 15 is 0 Å². The van der Waals surface area contributed by atoms with Crippen LogP contribution in [-0.2, 0) is 14.4 Å². The van der Waals surface area contributed by atoms with Gasteiger partial charge in [-0.3, -0.25) is 29.4 Å². The molecule has 29 heavy (non-hydrogen) atoms. The Morgan fingerprint density at radius 1 is 1.21 bits per heavy atom. The first-order chi connectivity index (χ1) is 13.7. The number of nitrogens with one attached hydrogen (secondary N) is 1. The molecule has 0 saturated carbocycles. The van der Waals surface area contributed by atoms with Crippen molar-refractivity contribution in [2.24, 2.45) is 5.10 Å². The highest BCUT2D eigenvalue weighted by atomic mass is 16.6. The lowest BCUT2D eigenvalue weighted by atomic mass is 10.3. The summed E-state index contributed by atoms with van der Waals surface area (Å²) in [7, 11) is 2.05. The molecule has 0 spiro atoms. The summed E-state index contributed by atoms with van der Waals surface area (Å²) in [6, 6.07) is 2.64. The number of aliphatic carboxylic acids is 2. The van der Waals surface area contributed by atoms with Gasteiger partial charge in [0.2, 0.25) is 0 Å². The number of carbonyl (C=O) groups is 3. The fourth-order valence-corrected chi connectivity index (χ4v) is 2.14. The van der Waals surface area contributed by atoms with E-state index in [0.717, 1.165) is 26.2 Å². The molecular weight excluding hydrogens is 390 g/mol. The van der Waals surface area contributed by atoms with Crippen molar-refractivity contribution < 1.29 is 33.9 Å². The molecule has 2 rings (SSSR count). The summed E-state index contributed by atoms with van der Waals surface area (Å²) in [6.45, 7) is 3.85. The molecule has 1 fully saturated rings.